The number of carbonyl (C=O) groups excluding carboxylic acids is 1. The molecule has 0 fully saturated rings. The molecule has 0 aliphatic rings. The molecule has 11 heteroatoms. The van der Waals surface area contributed by atoms with Crippen LogP contribution >= 0.6 is 0 Å². The third-order valence-electron chi connectivity index (χ3n) is 6.29. The fraction of sp³-hybridized carbons (Fsp3) is 0.172. The van der Waals surface area contributed by atoms with Crippen molar-refractivity contribution in [2.75, 3.05) is 5.32 Å². The van der Waals surface area contributed by atoms with Crippen LogP contribution in [0.3, 0.4) is 0 Å². The molecule has 0 aliphatic carbocycles. The van der Waals surface area contributed by atoms with Gasteiger partial charge in [0.1, 0.15) is 22.8 Å². The Bertz CT molecular complexity index is 1900. The third kappa shape index (κ3) is 4.77. The minimum atomic E-state index is -0.576. The summed E-state index contributed by atoms with van der Waals surface area (Å²) in [5.74, 6) is -0.831. The van der Waals surface area contributed by atoms with E-state index in [1.165, 1.54) is 30.7 Å². The van der Waals surface area contributed by atoms with Crippen molar-refractivity contribution in [1.82, 2.24) is 35.1 Å². The normalized spacial score (nSPS) is 11.8. The van der Waals surface area contributed by atoms with E-state index < -0.39 is 5.82 Å². The van der Waals surface area contributed by atoms with Crippen LogP contribution in [0.2, 0.25) is 0 Å². The molecule has 5 aromatic heterocycles. The molecule has 0 unspecified atom stereocenters. The van der Waals surface area contributed by atoms with Gasteiger partial charge in [-0.05, 0) is 35.2 Å². The third-order valence-corrected chi connectivity index (χ3v) is 6.29. The number of hydrogen-bond acceptors (Lipinski definition) is 6. The molecule has 0 saturated heterocycles. The molecular formula is C29H24F2N8O. The lowest BCUT2D eigenvalue weighted by atomic mass is 9.92. The lowest BCUT2D eigenvalue weighted by Gasteiger charge is -2.17. The molecule has 6 rings (SSSR count). The van der Waals surface area contributed by atoms with Crippen LogP contribution in [-0.4, -0.2) is 41.0 Å². The number of aromatic amines is 2. The van der Waals surface area contributed by atoms with Gasteiger partial charge in [0.25, 0.3) is 0 Å². The first-order valence-corrected chi connectivity index (χ1v) is 12.6. The summed E-state index contributed by atoms with van der Waals surface area (Å²) in [5.41, 5.74) is 3.58. The monoisotopic (exact) mass is 538 g/mol. The van der Waals surface area contributed by atoms with Gasteiger partial charge in [-0.2, -0.15) is 5.10 Å². The summed E-state index contributed by atoms with van der Waals surface area (Å²) >= 11 is 0. The number of fused-ring (bicyclic) bond motifs is 2. The Morgan fingerprint density at radius 2 is 1.82 bits per heavy atom. The minimum absolute atomic E-state index is 0.131. The number of rotatable bonds is 5. The highest BCUT2D eigenvalue weighted by Crippen LogP contribution is 2.34. The summed E-state index contributed by atoms with van der Waals surface area (Å²) in [5, 5.41) is 10.00. The van der Waals surface area contributed by atoms with Gasteiger partial charge in [0, 0.05) is 41.7 Å². The molecule has 0 atom stereocenters. The van der Waals surface area contributed by atoms with E-state index in [9.17, 15) is 9.18 Å². The van der Waals surface area contributed by atoms with Crippen molar-refractivity contribution in [3.8, 4) is 33.8 Å². The number of halogens is 2. The second-order valence-electron chi connectivity index (χ2n) is 10.7. The molecule has 5 heterocycles. The number of benzene rings is 1. The Hall–Kier alpha value is -5.06. The van der Waals surface area contributed by atoms with Crippen LogP contribution in [0.5, 0.6) is 0 Å². The Morgan fingerprint density at radius 1 is 0.975 bits per heavy atom. The summed E-state index contributed by atoms with van der Waals surface area (Å²) in [7, 11) is 0. The molecule has 0 bridgehead atoms. The smallest absolute Gasteiger partial charge is 0.224 e. The minimum Gasteiger partial charge on any atom is -0.325 e. The van der Waals surface area contributed by atoms with Gasteiger partial charge < -0.3 is 10.3 Å². The lowest BCUT2D eigenvalue weighted by Crippen LogP contribution is -2.19. The summed E-state index contributed by atoms with van der Waals surface area (Å²) in [6, 6.07) is 9.57. The van der Waals surface area contributed by atoms with E-state index in [4.69, 9.17) is 0 Å². The summed E-state index contributed by atoms with van der Waals surface area (Å²) in [6.45, 7) is 5.92. The zero-order chi connectivity index (χ0) is 28.0. The molecule has 9 nitrogen and oxygen atoms in total. The van der Waals surface area contributed by atoms with Crippen LogP contribution in [0.1, 0.15) is 27.2 Å². The summed E-state index contributed by atoms with van der Waals surface area (Å²) in [6.07, 6.45) is 6.31. The van der Waals surface area contributed by atoms with Gasteiger partial charge in [-0.25, -0.2) is 23.7 Å². The average molecular weight is 539 g/mol. The van der Waals surface area contributed by atoms with Crippen molar-refractivity contribution in [1.29, 1.82) is 0 Å². The number of pyridine rings is 3. The van der Waals surface area contributed by atoms with E-state index >= 15 is 4.39 Å². The SMILES string of the molecule is CC(C)(C)CC(=O)Nc1cncc(-c2cnc3[nH]nc(-c4nc5c(-c6cccc(F)c6)ccnc5[nH]4)c3c2F)c1. The highest BCUT2D eigenvalue weighted by molar-refractivity contribution is 5.97. The molecule has 0 spiro atoms. The van der Waals surface area contributed by atoms with E-state index in [1.54, 1.807) is 30.5 Å². The fourth-order valence-corrected chi connectivity index (χ4v) is 4.58. The van der Waals surface area contributed by atoms with Gasteiger partial charge in [-0.15, -0.1) is 0 Å². The number of carbonyl (C=O) groups is 1. The maximum Gasteiger partial charge on any atom is 0.224 e. The van der Waals surface area contributed by atoms with Crippen molar-refractivity contribution in [3.05, 3.63) is 72.8 Å². The average Bonchev–Trinajstić information content (AvgIpc) is 3.52. The number of nitrogens with zero attached hydrogens (tertiary/aromatic N) is 5. The molecule has 1 amide bonds. The first-order valence-electron chi connectivity index (χ1n) is 12.6. The van der Waals surface area contributed by atoms with Gasteiger partial charge in [-0.3, -0.25) is 14.9 Å². The van der Waals surface area contributed by atoms with Gasteiger partial charge in [-0.1, -0.05) is 32.9 Å². The van der Waals surface area contributed by atoms with Crippen molar-refractivity contribution >= 4 is 33.8 Å². The largest absolute Gasteiger partial charge is 0.325 e. The molecule has 40 heavy (non-hydrogen) atoms. The summed E-state index contributed by atoms with van der Waals surface area (Å²) in [4.78, 5) is 33.1. The first-order chi connectivity index (χ1) is 19.2. The number of amides is 1. The lowest BCUT2D eigenvalue weighted by molar-refractivity contribution is -0.117. The van der Waals surface area contributed by atoms with Crippen LogP contribution in [0, 0.1) is 17.0 Å². The number of hydrogen-bond donors (Lipinski definition) is 3. The van der Waals surface area contributed by atoms with Crippen LogP contribution < -0.4 is 5.32 Å². The molecule has 0 saturated carbocycles. The Morgan fingerprint density at radius 3 is 2.62 bits per heavy atom. The highest BCUT2D eigenvalue weighted by atomic mass is 19.1. The van der Waals surface area contributed by atoms with Crippen LogP contribution in [0.25, 0.3) is 56.0 Å². The number of H-pyrrole nitrogens is 2. The molecule has 6 aromatic rings. The standard InChI is InChI=1S/C29H24F2N8O/c1-29(2,3)11-21(40)35-18-10-16(12-32-13-18)20-14-34-26-22(23(20)31)25(38-39-26)28-36-24-19(7-8-33-27(24)37-28)15-5-4-6-17(30)9-15/h4-10,12-14H,11H2,1-3H3,(H,35,40)(H,33,36,37)(H,34,38,39). The van der Waals surface area contributed by atoms with E-state index in [0.717, 1.165) is 0 Å². The first kappa shape index (κ1) is 25.2. The fourth-order valence-electron chi connectivity index (χ4n) is 4.58. The van der Waals surface area contributed by atoms with Gasteiger partial charge >= 0.3 is 0 Å². The molecule has 1 aromatic carbocycles. The van der Waals surface area contributed by atoms with Crippen LogP contribution in [0.15, 0.2) is 61.2 Å². The van der Waals surface area contributed by atoms with Crippen molar-refractivity contribution < 1.29 is 13.6 Å². The van der Waals surface area contributed by atoms with E-state index in [0.29, 0.717) is 40.0 Å². The number of anilines is 1. The van der Waals surface area contributed by atoms with Gasteiger partial charge in [0.15, 0.2) is 17.1 Å². The predicted octanol–water partition coefficient (Wildman–Crippen LogP) is 6.28. The van der Waals surface area contributed by atoms with Gasteiger partial charge in [0.05, 0.1) is 17.3 Å². The maximum absolute atomic E-state index is 16.1. The molecule has 200 valence electrons. The van der Waals surface area contributed by atoms with Crippen LogP contribution in [-0.2, 0) is 4.79 Å². The Labute approximate surface area is 227 Å². The van der Waals surface area contributed by atoms with E-state index in [1.807, 2.05) is 20.8 Å². The number of nitrogens with one attached hydrogen (secondary N) is 3. The van der Waals surface area contributed by atoms with Gasteiger partial charge in [0.2, 0.25) is 5.91 Å². The van der Waals surface area contributed by atoms with Crippen molar-refractivity contribution in [3.63, 3.8) is 0 Å². The number of imidazole rings is 1. The zero-order valence-corrected chi connectivity index (χ0v) is 21.9. The highest BCUT2D eigenvalue weighted by Gasteiger charge is 2.22. The maximum atomic E-state index is 16.1. The predicted molar refractivity (Wildman–Crippen MR) is 148 cm³/mol. The van der Waals surface area contributed by atoms with E-state index in [2.05, 4.69) is 40.4 Å². The number of aromatic nitrogens is 7. The zero-order valence-electron chi connectivity index (χ0n) is 21.9. The topological polar surface area (TPSA) is 125 Å². The molecule has 3 N–H and O–H groups in total. The van der Waals surface area contributed by atoms with Crippen LogP contribution in [0.4, 0.5) is 14.5 Å². The van der Waals surface area contributed by atoms with Crippen molar-refractivity contribution in [2.45, 2.75) is 27.2 Å². The quantitative estimate of drug-likeness (QED) is 0.237. The Balaban J connectivity index is 1.40. The summed E-state index contributed by atoms with van der Waals surface area (Å²) < 4.78 is 30.0. The second kappa shape index (κ2) is 9.60. The van der Waals surface area contributed by atoms with Crippen molar-refractivity contribution in [2.24, 2.45) is 5.41 Å². The molecular weight excluding hydrogens is 514 g/mol. The Kier molecular flexibility index (Phi) is 6.05. The molecule has 0 aliphatic heterocycles. The second-order valence-corrected chi connectivity index (χ2v) is 10.7. The van der Waals surface area contributed by atoms with E-state index in [-0.39, 0.29) is 45.3 Å². The molecule has 0 radical (unpaired) electrons.